The van der Waals surface area contributed by atoms with E-state index in [1.165, 1.54) is 0 Å². The van der Waals surface area contributed by atoms with E-state index in [1.54, 1.807) is 4.24 Å². The standard InChI is InChI=1S/C12H10N2O/c1-8-13-12-11(15-8)7-9-5-3-4-6-10(9)14(12)2/h3-7H,2H2,1H3/q+2. The van der Waals surface area contributed by atoms with Crippen LogP contribution >= 0.6 is 0 Å². The minimum atomic E-state index is 0.665. The van der Waals surface area contributed by atoms with E-state index in [2.05, 4.69) is 11.7 Å². The minimum Gasteiger partial charge on any atom is -0.194 e. The van der Waals surface area contributed by atoms with Crippen LogP contribution in [0.25, 0.3) is 10.9 Å². The Labute approximate surface area is 86.4 Å². The summed E-state index contributed by atoms with van der Waals surface area (Å²) in [5, 5.41) is 1.11. The third-order valence-electron chi connectivity index (χ3n) is 2.51. The van der Waals surface area contributed by atoms with Gasteiger partial charge >= 0.3 is 17.1 Å². The molecule has 0 radical (unpaired) electrons. The third kappa shape index (κ3) is 1.09. The van der Waals surface area contributed by atoms with Crippen molar-refractivity contribution >= 4 is 16.8 Å². The fraction of sp³-hybridized carbons (Fsp3) is 0.0833. The van der Waals surface area contributed by atoms with Gasteiger partial charge in [-0.3, -0.25) is 0 Å². The Bertz CT molecular complexity index is 701. The first-order chi connectivity index (χ1) is 7.25. The molecule has 3 rings (SSSR count). The first-order valence-corrected chi connectivity index (χ1v) is 4.77. The van der Waals surface area contributed by atoms with E-state index in [0.717, 1.165) is 22.1 Å². The van der Waals surface area contributed by atoms with Crippen molar-refractivity contribution in [2.24, 2.45) is 4.99 Å². The molecule has 0 saturated heterocycles. The highest BCUT2D eigenvalue weighted by atomic mass is 16.4. The van der Waals surface area contributed by atoms with E-state index >= 15 is 0 Å². The molecule has 1 aromatic heterocycles. The minimum absolute atomic E-state index is 0.665. The lowest BCUT2D eigenvalue weighted by Gasteiger charge is -1.90. The Kier molecular flexibility index (Phi) is 1.51. The van der Waals surface area contributed by atoms with E-state index in [0.29, 0.717) is 5.91 Å². The van der Waals surface area contributed by atoms with Gasteiger partial charge in [0.1, 0.15) is 12.4 Å². The van der Waals surface area contributed by atoms with Crippen LogP contribution in [-0.2, 0) is 4.42 Å². The summed E-state index contributed by atoms with van der Waals surface area (Å²) in [7, 11) is 0. The maximum atomic E-state index is 5.48. The molecule has 15 heavy (non-hydrogen) atoms. The number of hydrogen-bond donors (Lipinski definition) is 0. The quantitative estimate of drug-likeness (QED) is 0.449. The second-order valence-electron chi connectivity index (χ2n) is 3.55. The molecule has 0 amide bonds. The molecule has 72 valence electrons. The molecule has 0 bridgehead atoms. The Morgan fingerprint density at radius 2 is 2.13 bits per heavy atom. The largest absolute Gasteiger partial charge is 0.529 e. The lowest BCUT2D eigenvalue weighted by Crippen LogP contribution is -2.35. The first-order valence-electron chi connectivity index (χ1n) is 4.77. The predicted octanol–water partition coefficient (Wildman–Crippen LogP) is 1.20. The summed E-state index contributed by atoms with van der Waals surface area (Å²) in [4.78, 5) is 4.30. The van der Waals surface area contributed by atoms with Crippen LogP contribution in [0.4, 0.5) is 0 Å². The molecule has 1 aliphatic rings. The number of pyridine rings is 1. The van der Waals surface area contributed by atoms with Gasteiger partial charge in [-0.05, 0) is 6.07 Å². The van der Waals surface area contributed by atoms with Crippen LogP contribution < -0.4 is 9.73 Å². The van der Waals surface area contributed by atoms with Gasteiger partial charge in [-0.2, -0.15) is 8.67 Å². The van der Waals surface area contributed by atoms with E-state index in [1.807, 2.05) is 37.3 Å². The van der Waals surface area contributed by atoms with E-state index < -0.39 is 0 Å². The van der Waals surface area contributed by atoms with Crippen molar-refractivity contribution in [3.63, 3.8) is 0 Å². The number of hydrogen-bond acceptors (Lipinski definition) is 1. The van der Waals surface area contributed by atoms with E-state index in [4.69, 9.17) is 4.42 Å². The van der Waals surface area contributed by atoms with Gasteiger partial charge in [0.05, 0.1) is 17.8 Å². The van der Waals surface area contributed by atoms with Gasteiger partial charge in [-0.1, -0.05) is 18.2 Å². The fourth-order valence-corrected chi connectivity index (χ4v) is 1.83. The van der Waals surface area contributed by atoms with Gasteiger partial charge in [-0.15, -0.1) is 0 Å². The number of amides is 1. The van der Waals surface area contributed by atoms with Gasteiger partial charge in [0.15, 0.2) is 0 Å². The van der Waals surface area contributed by atoms with Gasteiger partial charge in [-0.25, -0.2) is 0 Å². The maximum absolute atomic E-state index is 5.48. The molecule has 0 unspecified atom stereocenters. The molecule has 0 fully saturated rings. The molecular weight excluding hydrogens is 188 g/mol. The summed E-state index contributed by atoms with van der Waals surface area (Å²) in [5.74, 6) is 1.44. The second kappa shape index (κ2) is 2.73. The maximum Gasteiger partial charge on any atom is 0.529 e. The number of para-hydroxylation sites is 1. The number of benzene rings is 1. The molecule has 1 aliphatic heterocycles. The van der Waals surface area contributed by atoms with Gasteiger partial charge in [0.25, 0.3) is 0 Å². The zero-order valence-corrected chi connectivity index (χ0v) is 8.40. The van der Waals surface area contributed by atoms with Crippen LogP contribution in [0.5, 0.6) is 5.75 Å². The summed E-state index contributed by atoms with van der Waals surface area (Å²) in [6.07, 6.45) is 0. The predicted molar refractivity (Wildman–Crippen MR) is 56.2 cm³/mol. The number of aromatic nitrogens is 1. The highest BCUT2D eigenvalue weighted by molar-refractivity contribution is 5.79. The summed E-state index contributed by atoms with van der Waals surface area (Å²) >= 11 is 0. The third-order valence-corrected chi connectivity index (χ3v) is 2.51. The SMILES string of the molecule is C=[n+]1c2c(cc3ccccc31)[O+]=C(C)N=2. The Balaban J connectivity index is 2.58. The smallest absolute Gasteiger partial charge is 0.194 e. The van der Waals surface area contributed by atoms with Crippen LogP contribution in [-0.4, -0.2) is 5.91 Å². The molecular formula is C12H10N2O+2. The number of carbonyl (C=O) groups excluding carboxylic acids is 1. The molecule has 0 saturated carbocycles. The van der Waals surface area contributed by atoms with Crippen molar-refractivity contribution in [2.45, 2.75) is 6.92 Å². The zero-order chi connectivity index (χ0) is 10.4. The molecule has 3 nitrogen and oxygen atoms in total. The molecule has 2 aromatic rings. The highest BCUT2D eigenvalue weighted by Gasteiger charge is 2.29. The molecule has 0 aliphatic carbocycles. The van der Waals surface area contributed by atoms with Gasteiger partial charge < -0.3 is 0 Å². The van der Waals surface area contributed by atoms with Gasteiger partial charge in [0.2, 0.25) is 0 Å². The van der Waals surface area contributed by atoms with Crippen molar-refractivity contribution in [1.29, 1.82) is 0 Å². The molecule has 0 atom stereocenters. The number of nitrogens with zero attached hydrogens (tertiary/aromatic N) is 2. The average Bonchev–Trinajstić information content (AvgIpc) is 2.59. The topological polar surface area (TPSA) is 29.6 Å². The van der Waals surface area contributed by atoms with Crippen molar-refractivity contribution < 1.29 is 8.67 Å². The Hall–Kier alpha value is -2.03. The second-order valence-corrected chi connectivity index (χ2v) is 3.55. The lowest BCUT2D eigenvalue weighted by molar-refractivity contribution is -0.496. The normalized spacial score (nSPS) is 13.5. The average molecular weight is 198 g/mol. The number of fused-ring (bicyclic) bond motifs is 2. The van der Waals surface area contributed by atoms with Gasteiger partial charge in [0, 0.05) is 5.39 Å². The first kappa shape index (κ1) is 8.29. The van der Waals surface area contributed by atoms with Crippen molar-refractivity contribution in [2.75, 3.05) is 0 Å². The summed E-state index contributed by atoms with van der Waals surface area (Å²) in [6, 6.07) is 10.0. The Morgan fingerprint density at radius 3 is 3.00 bits per heavy atom. The number of rotatable bonds is 0. The summed E-state index contributed by atoms with van der Waals surface area (Å²) in [6.45, 7) is 5.82. The fourth-order valence-electron chi connectivity index (χ4n) is 1.83. The molecule has 0 N–H and O–H groups in total. The van der Waals surface area contributed by atoms with Crippen molar-refractivity contribution in [3.05, 3.63) is 42.5 Å². The van der Waals surface area contributed by atoms with E-state index in [9.17, 15) is 0 Å². The summed E-state index contributed by atoms with van der Waals surface area (Å²) in [5.41, 5.74) is 1.84. The van der Waals surface area contributed by atoms with E-state index in [-0.39, 0.29) is 0 Å². The molecule has 1 aromatic carbocycles. The monoisotopic (exact) mass is 198 g/mol. The van der Waals surface area contributed by atoms with Crippen molar-refractivity contribution in [1.82, 2.24) is 0 Å². The van der Waals surface area contributed by atoms with Crippen LogP contribution in [0.2, 0.25) is 0 Å². The highest BCUT2D eigenvalue weighted by Crippen LogP contribution is 2.14. The summed E-state index contributed by atoms with van der Waals surface area (Å²) < 4.78 is 7.29. The van der Waals surface area contributed by atoms with Crippen LogP contribution in [0.1, 0.15) is 6.92 Å². The van der Waals surface area contributed by atoms with Crippen molar-refractivity contribution in [3.8, 4) is 5.75 Å². The molecule has 2 heterocycles. The molecule has 3 heteroatoms. The molecule has 0 spiro atoms. The van der Waals surface area contributed by atoms with Crippen LogP contribution in [0, 0.1) is 6.72 Å². The lowest BCUT2D eigenvalue weighted by atomic mass is 10.2. The Morgan fingerprint density at radius 1 is 1.33 bits per heavy atom. The van der Waals surface area contributed by atoms with Crippen LogP contribution in [0.3, 0.4) is 0 Å². The zero-order valence-electron chi connectivity index (χ0n) is 8.40. The van der Waals surface area contributed by atoms with Crippen LogP contribution in [0.15, 0.2) is 35.3 Å².